The van der Waals surface area contributed by atoms with E-state index in [-0.39, 0.29) is 0 Å². The molecule has 0 aromatic rings. The van der Waals surface area contributed by atoms with Crippen LogP contribution in [0.1, 0.15) is 0 Å². The van der Waals surface area contributed by atoms with Gasteiger partial charge in [0.15, 0.2) is 0 Å². The van der Waals surface area contributed by atoms with E-state index in [2.05, 4.69) is 0 Å². The van der Waals surface area contributed by atoms with E-state index in [1.54, 1.807) is 0 Å². The molecule has 0 N–H and O–H groups in total. The molecule has 0 saturated carbocycles. The molecule has 1 radical (unpaired) electrons. The van der Waals surface area contributed by atoms with Crippen LogP contribution in [0.2, 0.25) is 0 Å². The summed E-state index contributed by atoms with van der Waals surface area (Å²) in [5.74, 6) is 0. The maximum atomic E-state index is 0.750. The van der Waals surface area contributed by atoms with Gasteiger partial charge in [-0.05, 0) is 0 Å². The molecule has 4 aliphatic heterocycles. The first kappa shape index (κ1) is 2.52. The second-order valence-corrected chi connectivity index (χ2v) is 151. The first-order chi connectivity index (χ1) is 2.00. The van der Waals surface area contributed by atoms with E-state index in [0.717, 1.165) is 33.8 Å². The van der Waals surface area contributed by atoms with Gasteiger partial charge in [0.1, 0.15) is 0 Å². The Hall–Kier alpha value is 2.23. The topological polar surface area (TPSA) is 0 Å². The van der Waals surface area contributed by atoms with Crippen molar-refractivity contribution in [3.8, 4) is 0 Å². The fourth-order valence-corrected chi connectivity index (χ4v) is 901. The summed E-state index contributed by atoms with van der Waals surface area (Å²) < 4.78 is 0. The van der Waals surface area contributed by atoms with Gasteiger partial charge in [-0.15, -0.1) is 0 Å². The van der Waals surface area contributed by atoms with Crippen molar-refractivity contribution < 1.29 is 0 Å². The van der Waals surface area contributed by atoms with Gasteiger partial charge in [-0.2, -0.15) is 0 Å². The van der Waals surface area contributed by atoms with Gasteiger partial charge in [-0.25, -0.2) is 0 Å². The minimum absolute atomic E-state index is 0.750. The molecule has 4 heterocycles. The molecule has 4 heteroatoms. The molecule has 0 aliphatic carbocycles. The van der Waals surface area contributed by atoms with Crippen LogP contribution >= 0.6 is 0 Å². The quantitative estimate of drug-likeness (QED) is 0.477. The van der Waals surface area contributed by atoms with E-state index >= 15 is 0 Å². The molecule has 0 bridgehead atoms. The van der Waals surface area contributed by atoms with Crippen LogP contribution in [0.15, 0.2) is 0 Å². The summed E-state index contributed by atoms with van der Waals surface area (Å²) in [6.45, 7) is 0. The Balaban J connectivity index is 3.00. The third-order valence-electron chi connectivity index (χ3n) is 0.838. The summed E-state index contributed by atoms with van der Waals surface area (Å²) in [7, 11) is 3.00. The normalized spacial score (nSPS) is 108. The summed E-state index contributed by atoms with van der Waals surface area (Å²) in [6, 6.07) is 0. The van der Waals surface area contributed by atoms with Gasteiger partial charge in [0, 0.05) is 0 Å². The van der Waals surface area contributed by atoms with Crippen molar-refractivity contribution in [3.05, 3.63) is 0 Å². The maximum absolute atomic E-state index is 0.750. The molecule has 0 amide bonds. The first-order valence-electron chi connectivity index (χ1n) is 1.20. The number of rotatable bonds is 0. The van der Waals surface area contributed by atoms with E-state index < -0.39 is 0 Å². The Morgan fingerprint density at radius 2 is 1.25 bits per heavy atom. The summed E-state index contributed by atoms with van der Waals surface area (Å²) in [5.41, 5.74) is 0. The van der Waals surface area contributed by atoms with Crippen molar-refractivity contribution in [1.82, 2.24) is 0 Å². The summed E-state index contributed by atoms with van der Waals surface area (Å²) in [4.78, 5) is 0. The Labute approximate surface area is 33.1 Å². The zero-order valence-electron chi connectivity index (χ0n) is 1.79. The molecule has 4 saturated heterocycles. The predicted molar refractivity (Wildman–Crippen MR) is 23.0 cm³/mol. The van der Waals surface area contributed by atoms with Crippen molar-refractivity contribution in [3.63, 3.8) is 0 Å². The van der Waals surface area contributed by atoms with Crippen LogP contribution in [0.3, 0.4) is 0 Å². The second kappa shape index (κ2) is 0.463. The van der Waals surface area contributed by atoms with E-state index in [4.69, 9.17) is 0 Å². The van der Waals surface area contributed by atoms with Crippen LogP contribution in [0.25, 0.3) is 0 Å². The monoisotopic (exact) mass is 300 g/mol. The van der Waals surface area contributed by atoms with E-state index in [1.807, 2.05) is 0 Å². The molecule has 4 aliphatic rings. The molecule has 19 valence electrons. The molecule has 0 aromatic heterocycles. The SMILES string of the molecule is [As]12[As]3[As]1[As+]23. The average molecular weight is 300 g/mol. The fourth-order valence-electron chi connectivity index (χ4n) is 0.335. The van der Waals surface area contributed by atoms with Crippen LogP contribution in [0.4, 0.5) is 0 Å². The molecular formula is As4+. The predicted octanol–water partition coefficient (Wildman–Crippen LogP) is -1.52. The Morgan fingerprint density at radius 1 is 1.00 bits per heavy atom. The summed E-state index contributed by atoms with van der Waals surface area (Å²) in [6.07, 6.45) is 0. The standard InChI is InChI=1S/As4/c1-2-3(1)4(1)2/q+1. The molecule has 0 nitrogen and oxygen atoms in total. The summed E-state index contributed by atoms with van der Waals surface area (Å²) in [5, 5.41) is 0. The van der Waals surface area contributed by atoms with Gasteiger partial charge in [0.05, 0.1) is 0 Å². The third kappa shape index (κ3) is 0.133. The van der Waals surface area contributed by atoms with Gasteiger partial charge >= 0.3 is 33.8 Å². The van der Waals surface area contributed by atoms with Crippen LogP contribution in [0.5, 0.6) is 0 Å². The molecule has 4 rings (SSSR count). The van der Waals surface area contributed by atoms with Gasteiger partial charge in [0.2, 0.25) is 0 Å². The van der Waals surface area contributed by atoms with Gasteiger partial charge < -0.3 is 0 Å². The van der Waals surface area contributed by atoms with E-state index in [1.165, 1.54) is 0 Å². The van der Waals surface area contributed by atoms with Gasteiger partial charge in [-0.1, -0.05) is 0 Å². The zero-order valence-corrected chi connectivity index (χ0v) is 9.30. The van der Waals surface area contributed by atoms with Crippen molar-refractivity contribution in [2.24, 2.45) is 0 Å². The molecular weight excluding hydrogens is 300 g/mol. The van der Waals surface area contributed by atoms with Gasteiger partial charge in [-0.3, -0.25) is 0 Å². The van der Waals surface area contributed by atoms with Crippen LogP contribution in [0, 0.1) is 0 Å². The summed E-state index contributed by atoms with van der Waals surface area (Å²) >= 11 is 0. The first-order valence-corrected chi connectivity index (χ1v) is 32.4. The Kier molecular flexibility index (Phi) is 0.292. The number of hydrogen-bond donors (Lipinski definition) is 0. The molecule has 4 heavy (non-hydrogen) atoms. The molecule has 0 atom stereocenters. The van der Waals surface area contributed by atoms with Crippen molar-refractivity contribution in [2.45, 2.75) is 0 Å². The van der Waals surface area contributed by atoms with Gasteiger partial charge in [0.25, 0.3) is 0 Å². The van der Waals surface area contributed by atoms with E-state index in [9.17, 15) is 0 Å². The fraction of sp³-hybridized carbons (Fsp3) is 0. The zero-order chi connectivity index (χ0) is 2.31. The molecule has 0 spiro atoms. The molecule has 0 unspecified atom stereocenters. The van der Waals surface area contributed by atoms with Crippen molar-refractivity contribution in [1.29, 1.82) is 0 Å². The molecule has 0 aromatic carbocycles. The van der Waals surface area contributed by atoms with Crippen molar-refractivity contribution >= 4 is 33.8 Å². The van der Waals surface area contributed by atoms with Crippen LogP contribution in [-0.2, 0) is 0 Å². The minimum atomic E-state index is 0.750. The second-order valence-electron chi connectivity index (χ2n) is 1.07. The Bertz CT molecular complexity index is 43.0. The van der Waals surface area contributed by atoms with Crippen LogP contribution in [-0.4, -0.2) is 33.8 Å². The van der Waals surface area contributed by atoms with Crippen LogP contribution < -0.4 is 0 Å². The molecule has 4 fully saturated rings. The van der Waals surface area contributed by atoms with Crippen molar-refractivity contribution in [2.75, 3.05) is 0 Å². The number of hydrogen-bond acceptors (Lipinski definition) is 0. The van der Waals surface area contributed by atoms with E-state index in [0.29, 0.717) is 0 Å². The average Bonchev–Trinajstić information content (AvgIpc) is 1.71. The third-order valence-corrected chi connectivity index (χ3v) is 400. The Morgan fingerprint density at radius 3 is 1.25 bits per heavy atom.